The summed E-state index contributed by atoms with van der Waals surface area (Å²) in [6, 6.07) is 0. The summed E-state index contributed by atoms with van der Waals surface area (Å²) < 4.78 is 0. The van der Waals surface area contributed by atoms with Gasteiger partial charge < -0.3 is 9.80 Å². The molecule has 0 aliphatic carbocycles. The highest BCUT2D eigenvalue weighted by molar-refractivity contribution is 6.29. The van der Waals surface area contributed by atoms with Crippen molar-refractivity contribution in [3.05, 3.63) is 11.4 Å². The Bertz CT molecular complexity index is 383. The summed E-state index contributed by atoms with van der Waals surface area (Å²) in [5.41, 5.74) is 0. The quantitative estimate of drug-likeness (QED) is 0.154. The van der Waals surface area contributed by atoms with Crippen LogP contribution in [0, 0.1) is 0 Å². The van der Waals surface area contributed by atoms with Gasteiger partial charge in [-0.15, -0.1) is 0 Å². The Morgan fingerprint density at radius 1 is 0.643 bits per heavy atom. The molecule has 0 spiro atoms. The van der Waals surface area contributed by atoms with Crippen molar-refractivity contribution in [2.75, 3.05) is 13.1 Å². The van der Waals surface area contributed by atoms with E-state index in [4.69, 9.17) is 11.6 Å². The second-order valence-corrected chi connectivity index (χ2v) is 9.11. The number of rotatable bonds is 19. The lowest BCUT2D eigenvalue weighted by Gasteiger charge is -2.32. The Morgan fingerprint density at radius 3 is 1.54 bits per heavy atom. The fraction of sp³-hybridized carbons (Fsp3) is 0.920. The van der Waals surface area contributed by atoms with Crippen molar-refractivity contribution in [2.24, 2.45) is 0 Å². The summed E-state index contributed by atoms with van der Waals surface area (Å²) in [6.07, 6.45) is 26.0. The van der Waals surface area contributed by atoms with Crippen molar-refractivity contribution in [1.29, 1.82) is 0 Å². The van der Waals surface area contributed by atoms with Gasteiger partial charge in [0.1, 0.15) is 11.3 Å². The lowest BCUT2D eigenvalue weighted by atomic mass is 10.1. The predicted octanol–water partition coefficient (Wildman–Crippen LogP) is 8.66. The molecule has 1 atom stereocenters. The average Bonchev–Trinajstić information content (AvgIpc) is 3.00. The van der Waals surface area contributed by atoms with Crippen molar-refractivity contribution >= 4 is 11.6 Å². The summed E-state index contributed by atoms with van der Waals surface area (Å²) in [4.78, 5) is 4.95. The molecule has 166 valence electrons. The third kappa shape index (κ3) is 11.0. The van der Waals surface area contributed by atoms with Gasteiger partial charge in [0.05, 0.1) is 0 Å². The van der Waals surface area contributed by atoms with Gasteiger partial charge in [-0.05, 0) is 19.3 Å². The summed E-state index contributed by atoms with van der Waals surface area (Å²) in [6.45, 7) is 9.16. The van der Waals surface area contributed by atoms with Gasteiger partial charge in [-0.25, -0.2) is 0 Å². The molecule has 0 amide bonds. The zero-order chi connectivity index (χ0) is 20.5. The lowest BCUT2D eigenvalue weighted by molar-refractivity contribution is 0.141. The first kappa shape index (κ1) is 25.7. The summed E-state index contributed by atoms with van der Waals surface area (Å²) in [5, 5.41) is 0.965. The maximum Gasteiger partial charge on any atom is 0.122 e. The minimum Gasteiger partial charge on any atom is -0.355 e. The topological polar surface area (TPSA) is 6.48 Å². The second-order valence-electron chi connectivity index (χ2n) is 8.72. The minimum atomic E-state index is 0.488. The first-order valence-corrected chi connectivity index (χ1v) is 13.0. The van der Waals surface area contributed by atoms with Crippen molar-refractivity contribution in [3.8, 4) is 0 Å². The van der Waals surface area contributed by atoms with Gasteiger partial charge in [0.15, 0.2) is 0 Å². The predicted molar refractivity (Wildman–Crippen MR) is 127 cm³/mol. The van der Waals surface area contributed by atoms with E-state index in [1.165, 1.54) is 103 Å². The molecule has 1 unspecified atom stereocenters. The normalized spacial score (nSPS) is 16.9. The highest BCUT2D eigenvalue weighted by Gasteiger charge is 2.28. The highest BCUT2D eigenvalue weighted by atomic mass is 35.5. The van der Waals surface area contributed by atoms with Crippen LogP contribution in [0.5, 0.6) is 0 Å². The van der Waals surface area contributed by atoms with Gasteiger partial charge >= 0.3 is 0 Å². The Hall–Kier alpha value is -0.370. The van der Waals surface area contributed by atoms with E-state index >= 15 is 0 Å². The first-order chi connectivity index (χ1) is 13.7. The van der Waals surface area contributed by atoms with Crippen LogP contribution in [0.2, 0.25) is 0 Å². The van der Waals surface area contributed by atoms with Crippen LogP contribution in [0.3, 0.4) is 0 Å². The van der Waals surface area contributed by atoms with Crippen molar-refractivity contribution in [1.82, 2.24) is 9.80 Å². The SMILES string of the molecule is CCCCCCCCCCCCN1C=C(Cl)N(CCCCCCCC)C1CC. The summed E-state index contributed by atoms with van der Waals surface area (Å²) in [7, 11) is 0. The molecule has 0 aromatic rings. The molecule has 1 rings (SSSR count). The van der Waals surface area contributed by atoms with Crippen LogP contribution in [0.4, 0.5) is 0 Å². The van der Waals surface area contributed by atoms with Crippen LogP contribution >= 0.6 is 11.6 Å². The molecular formula is C25H49ClN2. The summed E-state index contributed by atoms with van der Waals surface area (Å²) >= 11 is 6.59. The number of hydrogen-bond donors (Lipinski definition) is 0. The monoisotopic (exact) mass is 412 g/mol. The Kier molecular flexibility index (Phi) is 16.0. The van der Waals surface area contributed by atoms with E-state index in [1.807, 2.05) is 0 Å². The molecule has 0 saturated heterocycles. The third-order valence-corrected chi connectivity index (χ3v) is 6.49. The molecule has 0 aromatic carbocycles. The minimum absolute atomic E-state index is 0.488. The van der Waals surface area contributed by atoms with E-state index < -0.39 is 0 Å². The van der Waals surface area contributed by atoms with Crippen LogP contribution in [0.25, 0.3) is 0 Å². The van der Waals surface area contributed by atoms with Gasteiger partial charge in [0.2, 0.25) is 0 Å². The number of nitrogens with zero attached hydrogens (tertiary/aromatic N) is 2. The van der Waals surface area contributed by atoms with E-state index in [-0.39, 0.29) is 0 Å². The molecule has 0 fully saturated rings. The van der Waals surface area contributed by atoms with Crippen LogP contribution in [-0.2, 0) is 0 Å². The fourth-order valence-corrected chi connectivity index (χ4v) is 4.71. The molecule has 2 nitrogen and oxygen atoms in total. The van der Waals surface area contributed by atoms with Crippen molar-refractivity contribution in [2.45, 2.75) is 136 Å². The molecule has 0 saturated carbocycles. The number of halogens is 1. The zero-order valence-corrected chi connectivity index (χ0v) is 20.1. The van der Waals surface area contributed by atoms with E-state index in [1.54, 1.807) is 0 Å². The molecule has 0 aromatic heterocycles. The molecule has 0 N–H and O–H groups in total. The maximum absolute atomic E-state index is 6.59. The van der Waals surface area contributed by atoms with Gasteiger partial charge in [-0.3, -0.25) is 0 Å². The largest absolute Gasteiger partial charge is 0.355 e. The van der Waals surface area contributed by atoms with E-state index in [0.29, 0.717) is 6.17 Å². The zero-order valence-electron chi connectivity index (χ0n) is 19.4. The standard InChI is InChI=1S/C25H49ClN2/c1-4-7-9-11-13-14-15-16-17-19-21-27-23-24(26)28(25(27)6-3)22-20-18-12-10-8-5-2/h23,25H,4-22H2,1-3H3. The maximum atomic E-state index is 6.59. The van der Waals surface area contributed by atoms with Gasteiger partial charge in [0, 0.05) is 19.3 Å². The molecule has 0 bridgehead atoms. The van der Waals surface area contributed by atoms with E-state index in [0.717, 1.165) is 24.7 Å². The van der Waals surface area contributed by atoms with Crippen LogP contribution in [0.15, 0.2) is 11.4 Å². The van der Waals surface area contributed by atoms with Gasteiger partial charge in [-0.1, -0.05) is 122 Å². The van der Waals surface area contributed by atoms with Crippen molar-refractivity contribution < 1.29 is 0 Å². The molecule has 0 radical (unpaired) electrons. The van der Waals surface area contributed by atoms with Crippen molar-refractivity contribution in [3.63, 3.8) is 0 Å². The Balaban J connectivity index is 2.12. The molecule has 1 heterocycles. The van der Waals surface area contributed by atoms with E-state index in [9.17, 15) is 0 Å². The summed E-state index contributed by atoms with van der Waals surface area (Å²) in [5.74, 6) is 0. The van der Waals surface area contributed by atoms with Crippen LogP contribution in [0.1, 0.15) is 130 Å². The number of unbranched alkanes of at least 4 members (excludes halogenated alkanes) is 14. The molecule has 3 heteroatoms. The Labute approximate surface area is 182 Å². The molecule has 1 aliphatic rings. The van der Waals surface area contributed by atoms with Crippen LogP contribution in [-0.4, -0.2) is 29.1 Å². The molecule has 1 aliphatic heterocycles. The Morgan fingerprint density at radius 2 is 1.07 bits per heavy atom. The van der Waals surface area contributed by atoms with Crippen LogP contribution < -0.4 is 0 Å². The third-order valence-electron chi connectivity index (χ3n) is 6.18. The smallest absolute Gasteiger partial charge is 0.122 e. The van der Waals surface area contributed by atoms with Gasteiger partial charge in [0.25, 0.3) is 0 Å². The number of hydrogen-bond acceptors (Lipinski definition) is 2. The fourth-order valence-electron chi connectivity index (χ4n) is 4.39. The second kappa shape index (κ2) is 17.5. The first-order valence-electron chi connectivity index (χ1n) is 12.6. The van der Waals surface area contributed by atoms with Gasteiger partial charge in [-0.2, -0.15) is 0 Å². The average molecular weight is 413 g/mol. The highest BCUT2D eigenvalue weighted by Crippen LogP contribution is 2.28. The molecule has 28 heavy (non-hydrogen) atoms. The molecular weight excluding hydrogens is 364 g/mol. The van der Waals surface area contributed by atoms with E-state index in [2.05, 4.69) is 36.8 Å². The lowest BCUT2D eigenvalue weighted by Crippen LogP contribution is -2.39.